The first-order valence-corrected chi connectivity index (χ1v) is 6.96. The average Bonchev–Trinajstić information content (AvgIpc) is 2.71. The normalized spacial score (nSPS) is 15.5. The van der Waals surface area contributed by atoms with Gasteiger partial charge >= 0.3 is 0 Å². The molecule has 0 fully saturated rings. The molecule has 0 aromatic carbocycles. The Morgan fingerprint density at radius 2 is 2.05 bits per heavy atom. The Bertz CT molecular complexity index is 371. The van der Waals surface area contributed by atoms with E-state index in [0.717, 1.165) is 19.3 Å². The van der Waals surface area contributed by atoms with Gasteiger partial charge in [0.05, 0.1) is 0 Å². The minimum atomic E-state index is -0.0821. The molecule has 0 saturated carbocycles. The van der Waals surface area contributed by atoms with Crippen LogP contribution in [0.1, 0.15) is 64.8 Å². The molecular formula is C14H27N3O2. The number of hydrogen-bond donors (Lipinski definition) is 1. The van der Waals surface area contributed by atoms with Gasteiger partial charge in [0.2, 0.25) is 11.7 Å². The number of nitrogens with zero attached hydrogens (tertiary/aromatic N) is 2. The lowest BCUT2D eigenvalue weighted by atomic mass is 9.87. The van der Waals surface area contributed by atoms with Crippen molar-refractivity contribution in [1.29, 1.82) is 0 Å². The van der Waals surface area contributed by atoms with Crippen molar-refractivity contribution in [2.45, 2.75) is 65.5 Å². The predicted octanol–water partition coefficient (Wildman–Crippen LogP) is 2.86. The van der Waals surface area contributed by atoms with Crippen LogP contribution in [0.3, 0.4) is 0 Å². The van der Waals surface area contributed by atoms with Crippen LogP contribution in [0.4, 0.5) is 0 Å². The Hall–Kier alpha value is -0.940. The number of methoxy groups -OCH3 is 1. The van der Waals surface area contributed by atoms with Gasteiger partial charge in [-0.2, -0.15) is 4.98 Å². The van der Waals surface area contributed by atoms with Gasteiger partial charge in [0.15, 0.2) is 0 Å². The van der Waals surface area contributed by atoms with E-state index in [9.17, 15) is 0 Å². The molecule has 0 aliphatic rings. The molecule has 5 nitrogen and oxygen atoms in total. The SMILES string of the molecule is CCCC(OC)c1noc(CC(N)CC(C)(C)C)n1. The Kier molecular flexibility index (Phi) is 5.94. The summed E-state index contributed by atoms with van der Waals surface area (Å²) in [4.78, 5) is 4.39. The van der Waals surface area contributed by atoms with Gasteiger partial charge in [0, 0.05) is 19.6 Å². The molecule has 19 heavy (non-hydrogen) atoms. The van der Waals surface area contributed by atoms with Gasteiger partial charge in [-0.25, -0.2) is 0 Å². The lowest BCUT2D eigenvalue weighted by molar-refractivity contribution is 0.0854. The van der Waals surface area contributed by atoms with Gasteiger partial charge < -0.3 is 15.0 Å². The fourth-order valence-electron chi connectivity index (χ4n) is 2.18. The summed E-state index contributed by atoms with van der Waals surface area (Å²) in [5.41, 5.74) is 6.32. The first-order chi connectivity index (χ1) is 8.85. The molecule has 0 bridgehead atoms. The molecule has 110 valence electrons. The standard InChI is InChI=1S/C14H27N3O2/c1-6-7-11(18-5)13-16-12(19-17-13)8-10(15)9-14(2,3)4/h10-11H,6-9,15H2,1-5H3. The fraction of sp³-hybridized carbons (Fsp3) is 0.857. The number of rotatable bonds is 7. The molecule has 0 aliphatic heterocycles. The topological polar surface area (TPSA) is 74.2 Å². The van der Waals surface area contributed by atoms with Crippen molar-refractivity contribution in [3.8, 4) is 0 Å². The highest BCUT2D eigenvalue weighted by Crippen LogP contribution is 2.22. The van der Waals surface area contributed by atoms with E-state index >= 15 is 0 Å². The summed E-state index contributed by atoms with van der Waals surface area (Å²) in [7, 11) is 1.67. The van der Waals surface area contributed by atoms with E-state index in [-0.39, 0.29) is 17.6 Å². The molecule has 2 unspecified atom stereocenters. The van der Waals surface area contributed by atoms with Crippen molar-refractivity contribution in [2.75, 3.05) is 7.11 Å². The van der Waals surface area contributed by atoms with E-state index in [1.165, 1.54) is 0 Å². The summed E-state index contributed by atoms with van der Waals surface area (Å²) >= 11 is 0. The molecule has 2 atom stereocenters. The number of aromatic nitrogens is 2. The molecule has 2 N–H and O–H groups in total. The third-order valence-corrected chi connectivity index (χ3v) is 2.92. The summed E-state index contributed by atoms with van der Waals surface area (Å²) in [5, 5.41) is 3.99. The molecule has 1 aromatic heterocycles. The molecule has 1 aromatic rings. The van der Waals surface area contributed by atoms with Crippen molar-refractivity contribution < 1.29 is 9.26 Å². The molecule has 0 saturated heterocycles. The van der Waals surface area contributed by atoms with Crippen LogP contribution >= 0.6 is 0 Å². The highest BCUT2D eigenvalue weighted by Gasteiger charge is 2.21. The summed E-state index contributed by atoms with van der Waals surface area (Å²) in [6.45, 7) is 8.63. The Morgan fingerprint density at radius 3 is 2.58 bits per heavy atom. The van der Waals surface area contributed by atoms with Crippen molar-refractivity contribution >= 4 is 0 Å². The molecule has 0 aliphatic carbocycles. The van der Waals surface area contributed by atoms with E-state index in [1.807, 2.05) is 0 Å². The van der Waals surface area contributed by atoms with E-state index in [1.54, 1.807) is 7.11 Å². The van der Waals surface area contributed by atoms with Crippen molar-refractivity contribution in [3.05, 3.63) is 11.7 Å². The van der Waals surface area contributed by atoms with Gasteiger partial charge in [-0.05, 0) is 18.3 Å². The zero-order chi connectivity index (χ0) is 14.5. The highest BCUT2D eigenvalue weighted by atomic mass is 16.5. The highest BCUT2D eigenvalue weighted by molar-refractivity contribution is 4.93. The lowest BCUT2D eigenvalue weighted by Crippen LogP contribution is -2.28. The maximum absolute atomic E-state index is 6.11. The van der Waals surface area contributed by atoms with Crippen molar-refractivity contribution in [1.82, 2.24) is 10.1 Å². The maximum Gasteiger partial charge on any atom is 0.228 e. The second-order valence-corrected chi connectivity index (χ2v) is 6.29. The smallest absolute Gasteiger partial charge is 0.228 e. The monoisotopic (exact) mass is 269 g/mol. The largest absolute Gasteiger partial charge is 0.373 e. The van der Waals surface area contributed by atoms with Crippen LogP contribution in [0.5, 0.6) is 0 Å². The second kappa shape index (κ2) is 7.01. The van der Waals surface area contributed by atoms with E-state index in [2.05, 4.69) is 37.8 Å². The average molecular weight is 269 g/mol. The van der Waals surface area contributed by atoms with Crippen molar-refractivity contribution in [2.24, 2.45) is 11.1 Å². The fourth-order valence-corrected chi connectivity index (χ4v) is 2.18. The zero-order valence-electron chi connectivity index (χ0n) is 12.8. The molecule has 0 amide bonds. The Balaban J connectivity index is 2.59. The summed E-state index contributed by atoms with van der Waals surface area (Å²) in [5.74, 6) is 1.23. The molecule has 0 radical (unpaired) electrons. The van der Waals surface area contributed by atoms with Crippen LogP contribution in [0.25, 0.3) is 0 Å². The summed E-state index contributed by atoms with van der Waals surface area (Å²) in [6, 6.07) is 0.0421. The van der Waals surface area contributed by atoms with Crippen LogP contribution < -0.4 is 5.73 Å². The van der Waals surface area contributed by atoms with Gasteiger partial charge in [-0.3, -0.25) is 0 Å². The minimum absolute atomic E-state index is 0.0421. The molecule has 1 heterocycles. The number of ether oxygens (including phenoxy) is 1. The second-order valence-electron chi connectivity index (χ2n) is 6.29. The minimum Gasteiger partial charge on any atom is -0.373 e. The van der Waals surface area contributed by atoms with E-state index in [0.29, 0.717) is 18.1 Å². The van der Waals surface area contributed by atoms with Crippen LogP contribution in [-0.2, 0) is 11.2 Å². The lowest BCUT2D eigenvalue weighted by Gasteiger charge is -2.21. The van der Waals surface area contributed by atoms with Crippen LogP contribution in [0.15, 0.2) is 4.52 Å². The van der Waals surface area contributed by atoms with Crippen LogP contribution in [0.2, 0.25) is 0 Å². The summed E-state index contributed by atoms with van der Waals surface area (Å²) in [6.07, 6.45) is 3.37. The summed E-state index contributed by atoms with van der Waals surface area (Å²) < 4.78 is 10.6. The quantitative estimate of drug-likeness (QED) is 0.823. The van der Waals surface area contributed by atoms with Crippen molar-refractivity contribution in [3.63, 3.8) is 0 Å². The Morgan fingerprint density at radius 1 is 1.37 bits per heavy atom. The molecule has 0 spiro atoms. The zero-order valence-corrected chi connectivity index (χ0v) is 12.8. The predicted molar refractivity (Wildman–Crippen MR) is 74.7 cm³/mol. The van der Waals surface area contributed by atoms with Gasteiger partial charge in [0.25, 0.3) is 0 Å². The Labute approximate surface area is 115 Å². The molecule has 1 rings (SSSR count). The number of hydrogen-bond acceptors (Lipinski definition) is 5. The van der Waals surface area contributed by atoms with Crippen LogP contribution in [-0.4, -0.2) is 23.3 Å². The third kappa shape index (κ3) is 5.70. The van der Waals surface area contributed by atoms with E-state index in [4.69, 9.17) is 15.0 Å². The van der Waals surface area contributed by atoms with Gasteiger partial charge in [-0.15, -0.1) is 0 Å². The number of nitrogens with two attached hydrogens (primary N) is 1. The van der Waals surface area contributed by atoms with E-state index < -0.39 is 0 Å². The maximum atomic E-state index is 6.11. The third-order valence-electron chi connectivity index (χ3n) is 2.92. The van der Waals surface area contributed by atoms with Gasteiger partial charge in [-0.1, -0.05) is 39.3 Å². The first kappa shape index (κ1) is 16.1. The van der Waals surface area contributed by atoms with Gasteiger partial charge in [0.1, 0.15) is 6.10 Å². The first-order valence-electron chi connectivity index (χ1n) is 6.96. The molecule has 5 heteroatoms. The van der Waals surface area contributed by atoms with Crippen LogP contribution in [0, 0.1) is 5.41 Å². The molecular weight excluding hydrogens is 242 g/mol.